The number of aryl methyl sites for hydroxylation is 2. The summed E-state index contributed by atoms with van der Waals surface area (Å²) in [6.45, 7) is 6.11. The summed E-state index contributed by atoms with van der Waals surface area (Å²) in [7, 11) is 0. The van der Waals surface area contributed by atoms with Crippen LogP contribution in [-0.2, 0) is 6.42 Å². The average Bonchev–Trinajstić information content (AvgIpc) is 2.72. The first-order chi connectivity index (χ1) is 10.7. The number of benzene rings is 2. The van der Waals surface area contributed by atoms with Gasteiger partial charge >= 0.3 is 0 Å². The minimum Gasteiger partial charge on any atom is -0.493 e. The van der Waals surface area contributed by atoms with Gasteiger partial charge in [0.25, 0.3) is 0 Å². The topological polar surface area (TPSA) is 21.3 Å². The molecule has 0 radical (unpaired) electrons. The molecular formula is C20H25NO. The molecule has 1 heterocycles. The van der Waals surface area contributed by atoms with E-state index < -0.39 is 0 Å². The zero-order valence-electron chi connectivity index (χ0n) is 13.6. The molecule has 1 aliphatic rings. The van der Waals surface area contributed by atoms with Gasteiger partial charge in [-0.2, -0.15) is 0 Å². The standard InChI is InChI=1S/C20H25NO/c1-15-5-8-17(9-6-15)11-12-21-19-4-3-13-22-20-10-7-16(2)14-18(19)20/h5-10,14,19,21H,3-4,11-13H2,1-2H3. The highest BCUT2D eigenvalue weighted by Crippen LogP contribution is 2.32. The van der Waals surface area contributed by atoms with E-state index in [2.05, 4.69) is 61.6 Å². The molecule has 1 unspecified atom stereocenters. The van der Waals surface area contributed by atoms with Crippen LogP contribution in [0.1, 0.15) is 41.1 Å². The van der Waals surface area contributed by atoms with E-state index in [1.54, 1.807) is 0 Å². The van der Waals surface area contributed by atoms with E-state index in [0.717, 1.165) is 38.2 Å². The van der Waals surface area contributed by atoms with Crippen molar-refractivity contribution in [3.63, 3.8) is 0 Å². The van der Waals surface area contributed by atoms with Crippen LogP contribution in [0.2, 0.25) is 0 Å². The highest BCUT2D eigenvalue weighted by Gasteiger charge is 2.19. The zero-order chi connectivity index (χ0) is 15.4. The largest absolute Gasteiger partial charge is 0.493 e. The predicted octanol–water partition coefficient (Wildman–Crippen LogP) is 4.35. The Morgan fingerprint density at radius 3 is 2.64 bits per heavy atom. The van der Waals surface area contributed by atoms with Crippen molar-refractivity contribution in [3.8, 4) is 5.75 Å². The van der Waals surface area contributed by atoms with Crippen molar-refractivity contribution in [2.75, 3.05) is 13.2 Å². The van der Waals surface area contributed by atoms with Crippen molar-refractivity contribution >= 4 is 0 Å². The highest BCUT2D eigenvalue weighted by atomic mass is 16.5. The van der Waals surface area contributed by atoms with Crippen LogP contribution in [0.3, 0.4) is 0 Å². The second-order valence-electron chi connectivity index (χ2n) is 6.27. The van der Waals surface area contributed by atoms with Crippen LogP contribution in [-0.4, -0.2) is 13.2 Å². The summed E-state index contributed by atoms with van der Waals surface area (Å²) in [6.07, 6.45) is 3.32. The first-order valence-corrected chi connectivity index (χ1v) is 8.24. The van der Waals surface area contributed by atoms with Crippen LogP contribution < -0.4 is 10.1 Å². The van der Waals surface area contributed by atoms with Gasteiger partial charge in [0, 0.05) is 11.6 Å². The lowest BCUT2D eigenvalue weighted by molar-refractivity contribution is 0.315. The summed E-state index contributed by atoms with van der Waals surface area (Å²) < 4.78 is 5.87. The van der Waals surface area contributed by atoms with Gasteiger partial charge in [-0.3, -0.25) is 0 Å². The van der Waals surface area contributed by atoms with E-state index in [4.69, 9.17) is 4.74 Å². The number of fused-ring (bicyclic) bond motifs is 1. The zero-order valence-corrected chi connectivity index (χ0v) is 13.6. The fourth-order valence-corrected chi connectivity index (χ4v) is 3.05. The molecule has 2 aromatic rings. The number of rotatable bonds is 4. The molecule has 2 heteroatoms. The van der Waals surface area contributed by atoms with Crippen molar-refractivity contribution in [2.24, 2.45) is 0 Å². The molecule has 3 rings (SSSR count). The molecule has 0 saturated carbocycles. The van der Waals surface area contributed by atoms with Crippen molar-refractivity contribution < 1.29 is 4.74 Å². The monoisotopic (exact) mass is 295 g/mol. The molecule has 2 nitrogen and oxygen atoms in total. The molecule has 0 amide bonds. The van der Waals surface area contributed by atoms with Crippen molar-refractivity contribution in [1.82, 2.24) is 5.32 Å². The maximum absolute atomic E-state index is 5.87. The summed E-state index contributed by atoms with van der Waals surface area (Å²) in [5.74, 6) is 1.05. The average molecular weight is 295 g/mol. The van der Waals surface area contributed by atoms with E-state index in [0.29, 0.717) is 6.04 Å². The minimum absolute atomic E-state index is 0.405. The first-order valence-electron chi connectivity index (χ1n) is 8.24. The Labute approximate surface area is 133 Å². The number of hydrogen-bond acceptors (Lipinski definition) is 2. The lowest BCUT2D eigenvalue weighted by atomic mass is 9.99. The van der Waals surface area contributed by atoms with E-state index in [-0.39, 0.29) is 0 Å². The SMILES string of the molecule is Cc1ccc(CCNC2CCCOc3ccc(C)cc32)cc1. The van der Waals surface area contributed by atoms with Crippen molar-refractivity contribution in [3.05, 3.63) is 64.7 Å². The Morgan fingerprint density at radius 1 is 1.05 bits per heavy atom. The smallest absolute Gasteiger partial charge is 0.124 e. The molecule has 2 aromatic carbocycles. The van der Waals surface area contributed by atoms with Crippen LogP contribution in [0.4, 0.5) is 0 Å². The van der Waals surface area contributed by atoms with Gasteiger partial charge in [-0.15, -0.1) is 0 Å². The first kappa shape index (κ1) is 15.1. The van der Waals surface area contributed by atoms with E-state index >= 15 is 0 Å². The second kappa shape index (κ2) is 6.97. The third kappa shape index (κ3) is 3.69. The fourth-order valence-electron chi connectivity index (χ4n) is 3.05. The van der Waals surface area contributed by atoms with E-state index in [1.807, 2.05) is 0 Å². The van der Waals surface area contributed by atoms with E-state index in [9.17, 15) is 0 Å². The molecule has 22 heavy (non-hydrogen) atoms. The van der Waals surface area contributed by atoms with Crippen molar-refractivity contribution in [1.29, 1.82) is 0 Å². The maximum atomic E-state index is 5.87. The van der Waals surface area contributed by atoms with Gasteiger partial charge < -0.3 is 10.1 Å². The quantitative estimate of drug-likeness (QED) is 0.905. The molecule has 0 fully saturated rings. The summed E-state index contributed by atoms with van der Waals surface area (Å²) in [4.78, 5) is 0. The normalized spacial score (nSPS) is 17.5. The molecule has 0 bridgehead atoms. The molecule has 0 spiro atoms. The van der Waals surface area contributed by atoms with Crippen molar-refractivity contribution in [2.45, 2.75) is 39.2 Å². The Morgan fingerprint density at radius 2 is 1.82 bits per heavy atom. The molecule has 116 valence electrons. The van der Waals surface area contributed by atoms with Crippen LogP contribution in [0, 0.1) is 13.8 Å². The number of hydrogen-bond donors (Lipinski definition) is 1. The molecule has 1 N–H and O–H groups in total. The Kier molecular flexibility index (Phi) is 4.79. The summed E-state index contributed by atoms with van der Waals surface area (Å²) >= 11 is 0. The summed E-state index contributed by atoms with van der Waals surface area (Å²) in [5.41, 5.74) is 5.34. The molecule has 1 atom stereocenters. The van der Waals surface area contributed by atoms with Gasteiger partial charge in [0.1, 0.15) is 5.75 Å². The van der Waals surface area contributed by atoms with Gasteiger partial charge in [-0.1, -0.05) is 47.5 Å². The maximum Gasteiger partial charge on any atom is 0.124 e. The Hall–Kier alpha value is -1.80. The number of ether oxygens (including phenoxy) is 1. The van der Waals surface area contributed by atoms with Crippen LogP contribution in [0.25, 0.3) is 0 Å². The third-order valence-corrected chi connectivity index (χ3v) is 4.36. The van der Waals surface area contributed by atoms with Gasteiger partial charge in [0.05, 0.1) is 6.61 Å². The summed E-state index contributed by atoms with van der Waals surface area (Å²) in [5, 5.41) is 3.73. The fraction of sp³-hybridized carbons (Fsp3) is 0.400. The molecule has 0 saturated heterocycles. The van der Waals surface area contributed by atoms with Crippen LogP contribution >= 0.6 is 0 Å². The number of nitrogens with one attached hydrogen (secondary N) is 1. The van der Waals surface area contributed by atoms with Gasteiger partial charge in [0.15, 0.2) is 0 Å². The molecular weight excluding hydrogens is 270 g/mol. The lowest BCUT2D eigenvalue weighted by Crippen LogP contribution is -2.23. The van der Waals surface area contributed by atoms with Crippen LogP contribution in [0.15, 0.2) is 42.5 Å². The Bertz CT molecular complexity index is 618. The third-order valence-electron chi connectivity index (χ3n) is 4.36. The molecule has 0 aliphatic carbocycles. The van der Waals surface area contributed by atoms with E-state index in [1.165, 1.54) is 22.3 Å². The molecule has 1 aliphatic heterocycles. The molecule has 0 aromatic heterocycles. The lowest BCUT2D eigenvalue weighted by Gasteiger charge is -2.19. The Balaban J connectivity index is 1.65. The minimum atomic E-state index is 0.405. The highest BCUT2D eigenvalue weighted by molar-refractivity contribution is 5.39. The predicted molar refractivity (Wildman–Crippen MR) is 91.5 cm³/mol. The second-order valence-corrected chi connectivity index (χ2v) is 6.27. The van der Waals surface area contributed by atoms with Gasteiger partial charge in [-0.25, -0.2) is 0 Å². The summed E-state index contributed by atoms with van der Waals surface area (Å²) in [6, 6.07) is 15.8. The van der Waals surface area contributed by atoms with Gasteiger partial charge in [-0.05, 0) is 51.3 Å². The van der Waals surface area contributed by atoms with Gasteiger partial charge in [0.2, 0.25) is 0 Å². The van der Waals surface area contributed by atoms with Crippen LogP contribution in [0.5, 0.6) is 5.75 Å².